The van der Waals surface area contributed by atoms with Crippen molar-refractivity contribution in [2.24, 2.45) is 0 Å². The van der Waals surface area contributed by atoms with Crippen LogP contribution < -0.4 is 10.2 Å². The molecule has 0 bridgehead atoms. The minimum Gasteiger partial charge on any atom is -0.348 e. The van der Waals surface area contributed by atoms with Crippen LogP contribution in [0.5, 0.6) is 0 Å². The lowest BCUT2D eigenvalue weighted by Crippen LogP contribution is -2.40. The summed E-state index contributed by atoms with van der Waals surface area (Å²) in [6.45, 7) is 3.94. The maximum atomic E-state index is 13.9. The third-order valence-electron chi connectivity index (χ3n) is 7.05. The van der Waals surface area contributed by atoms with Gasteiger partial charge in [0.1, 0.15) is 5.69 Å². The fourth-order valence-electron chi connectivity index (χ4n) is 5.06. The summed E-state index contributed by atoms with van der Waals surface area (Å²) in [4.78, 5) is 40.6. The van der Waals surface area contributed by atoms with Crippen LogP contribution in [-0.4, -0.2) is 16.7 Å². The topological polar surface area (TPSA) is 92.6 Å². The number of carbonyl (C=O) groups is 2. The number of fused-ring (bicyclic) bond motifs is 1. The Morgan fingerprint density at radius 1 is 0.816 bits per heavy atom. The average molecular weight is 566 g/mol. The van der Waals surface area contributed by atoms with Crippen LogP contribution in [0.15, 0.2) is 83.3 Å². The van der Waals surface area contributed by atoms with Crippen molar-refractivity contribution in [2.45, 2.75) is 13.8 Å². The van der Waals surface area contributed by atoms with E-state index in [0.29, 0.717) is 27.7 Å². The molecule has 6 rings (SSSR count). The van der Waals surface area contributed by atoms with E-state index in [1.165, 1.54) is 6.07 Å². The SMILES string of the molecule is Cc1cc(Br)c(Nc2c([N+](=O)[O-])cc3c4c(cccc24)C(=O)N(c2cccc4ccccc24)C3=O)cc1C. The van der Waals surface area contributed by atoms with Crippen LogP contribution in [0.3, 0.4) is 0 Å². The molecule has 0 radical (unpaired) electrons. The minimum atomic E-state index is -0.600. The van der Waals surface area contributed by atoms with Crippen LogP contribution in [0.25, 0.3) is 21.5 Å². The molecule has 1 aliphatic heterocycles. The van der Waals surface area contributed by atoms with Gasteiger partial charge in [-0.15, -0.1) is 0 Å². The molecule has 0 saturated carbocycles. The van der Waals surface area contributed by atoms with Gasteiger partial charge in [0.05, 0.1) is 21.9 Å². The number of rotatable bonds is 4. The Bertz CT molecular complexity index is 1860. The van der Waals surface area contributed by atoms with Crippen molar-refractivity contribution in [2.75, 3.05) is 10.2 Å². The number of hydrogen-bond donors (Lipinski definition) is 1. The first-order valence-corrected chi connectivity index (χ1v) is 12.7. The first-order valence-electron chi connectivity index (χ1n) is 11.9. The Hall–Kier alpha value is -4.56. The summed E-state index contributed by atoms with van der Waals surface area (Å²) in [5, 5.41) is 17.9. The number of hydrogen-bond acceptors (Lipinski definition) is 5. The summed E-state index contributed by atoms with van der Waals surface area (Å²) in [5.74, 6) is -1.08. The highest BCUT2D eigenvalue weighted by Crippen LogP contribution is 2.44. The molecule has 38 heavy (non-hydrogen) atoms. The van der Waals surface area contributed by atoms with E-state index in [9.17, 15) is 19.7 Å². The maximum absolute atomic E-state index is 13.9. The molecular formula is C30H20BrN3O4. The predicted molar refractivity (Wildman–Crippen MR) is 153 cm³/mol. The molecule has 0 aliphatic carbocycles. The lowest BCUT2D eigenvalue weighted by atomic mass is 9.91. The third kappa shape index (κ3) is 3.56. The van der Waals surface area contributed by atoms with E-state index in [1.54, 1.807) is 30.3 Å². The van der Waals surface area contributed by atoms with Gasteiger partial charge in [0.25, 0.3) is 17.5 Å². The number of aryl methyl sites for hydroxylation is 2. The maximum Gasteiger partial charge on any atom is 0.294 e. The van der Waals surface area contributed by atoms with Gasteiger partial charge in [-0.25, -0.2) is 4.90 Å². The van der Waals surface area contributed by atoms with Crippen LogP contribution in [0.2, 0.25) is 0 Å². The first-order chi connectivity index (χ1) is 18.3. The monoisotopic (exact) mass is 565 g/mol. The standard InChI is InChI=1S/C30H20BrN3O4/c1-16-13-23(31)24(14-17(16)2)32-28-20-10-6-11-21-27(20)22(15-26(28)34(37)38)30(36)33(29(21)35)25-12-5-8-18-7-3-4-9-19(18)25/h3-15,32H,1-2H3. The van der Waals surface area contributed by atoms with Crippen molar-refractivity contribution in [1.29, 1.82) is 0 Å². The smallest absolute Gasteiger partial charge is 0.294 e. The second-order valence-corrected chi connectivity index (χ2v) is 10.1. The lowest BCUT2D eigenvalue weighted by molar-refractivity contribution is -0.383. The van der Waals surface area contributed by atoms with Crippen molar-refractivity contribution in [1.82, 2.24) is 0 Å². The summed E-state index contributed by atoms with van der Waals surface area (Å²) >= 11 is 3.54. The van der Waals surface area contributed by atoms with E-state index in [4.69, 9.17) is 0 Å². The van der Waals surface area contributed by atoms with Gasteiger partial charge in [0, 0.05) is 32.3 Å². The Morgan fingerprint density at radius 2 is 1.47 bits per heavy atom. The molecule has 0 saturated heterocycles. The molecule has 0 atom stereocenters. The fraction of sp³-hybridized carbons (Fsp3) is 0.0667. The summed E-state index contributed by atoms with van der Waals surface area (Å²) in [5.41, 5.74) is 3.54. The van der Waals surface area contributed by atoms with Gasteiger partial charge in [-0.05, 0) is 70.6 Å². The van der Waals surface area contributed by atoms with Crippen molar-refractivity contribution in [3.05, 3.63) is 116 Å². The Labute approximate surface area is 226 Å². The van der Waals surface area contributed by atoms with Crippen molar-refractivity contribution >= 4 is 72.0 Å². The zero-order chi connectivity index (χ0) is 26.7. The van der Waals surface area contributed by atoms with E-state index in [2.05, 4.69) is 21.2 Å². The number of halogens is 1. The van der Waals surface area contributed by atoms with Crippen LogP contribution in [-0.2, 0) is 0 Å². The highest BCUT2D eigenvalue weighted by molar-refractivity contribution is 9.10. The molecule has 1 aliphatic rings. The van der Waals surface area contributed by atoms with Gasteiger partial charge >= 0.3 is 0 Å². The summed E-state index contributed by atoms with van der Waals surface area (Å²) in [6, 6.07) is 23.0. The predicted octanol–water partition coefficient (Wildman–Crippen LogP) is 7.82. The van der Waals surface area contributed by atoms with Gasteiger partial charge in [-0.3, -0.25) is 19.7 Å². The van der Waals surface area contributed by atoms with Gasteiger partial charge < -0.3 is 5.32 Å². The largest absolute Gasteiger partial charge is 0.348 e. The minimum absolute atomic E-state index is 0.111. The molecule has 2 amide bonds. The summed E-state index contributed by atoms with van der Waals surface area (Å²) < 4.78 is 0.740. The molecule has 5 aromatic rings. The molecule has 186 valence electrons. The molecule has 0 spiro atoms. The molecule has 5 aromatic carbocycles. The van der Waals surface area contributed by atoms with Crippen LogP contribution >= 0.6 is 15.9 Å². The molecule has 0 unspecified atom stereocenters. The van der Waals surface area contributed by atoms with Gasteiger partial charge in [0.2, 0.25) is 0 Å². The zero-order valence-corrected chi connectivity index (χ0v) is 22.0. The Balaban J connectivity index is 1.59. The number of imide groups is 1. The Morgan fingerprint density at radius 3 is 2.26 bits per heavy atom. The van der Waals surface area contributed by atoms with E-state index in [-0.39, 0.29) is 16.9 Å². The molecule has 0 aromatic heterocycles. The van der Waals surface area contributed by atoms with Crippen LogP contribution in [0.4, 0.5) is 22.7 Å². The molecule has 1 heterocycles. The first kappa shape index (κ1) is 23.8. The molecule has 0 fully saturated rings. The normalized spacial score (nSPS) is 12.9. The quantitative estimate of drug-likeness (QED) is 0.136. The average Bonchev–Trinajstić information content (AvgIpc) is 2.90. The van der Waals surface area contributed by atoms with Crippen LogP contribution in [0.1, 0.15) is 31.8 Å². The number of benzene rings is 5. The number of carbonyl (C=O) groups excluding carboxylic acids is 2. The number of nitrogens with zero attached hydrogens (tertiary/aromatic N) is 2. The zero-order valence-electron chi connectivity index (χ0n) is 20.4. The molecule has 1 N–H and O–H groups in total. The van der Waals surface area contributed by atoms with E-state index >= 15 is 0 Å². The van der Waals surface area contributed by atoms with Crippen molar-refractivity contribution in [3.8, 4) is 0 Å². The number of amides is 2. The second kappa shape index (κ2) is 8.78. The Kier molecular flexibility index (Phi) is 5.50. The van der Waals surface area contributed by atoms with Gasteiger partial charge in [0.15, 0.2) is 0 Å². The van der Waals surface area contributed by atoms with Gasteiger partial charge in [-0.2, -0.15) is 0 Å². The molecule has 7 nitrogen and oxygen atoms in total. The third-order valence-corrected chi connectivity index (χ3v) is 7.71. The van der Waals surface area contributed by atoms with Gasteiger partial charge in [-0.1, -0.05) is 48.5 Å². The highest BCUT2D eigenvalue weighted by atomic mass is 79.9. The summed E-state index contributed by atoms with van der Waals surface area (Å²) in [7, 11) is 0. The van der Waals surface area contributed by atoms with Crippen molar-refractivity contribution in [3.63, 3.8) is 0 Å². The van der Waals surface area contributed by atoms with Crippen molar-refractivity contribution < 1.29 is 14.5 Å². The second-order valence-electron chi connectivity index (χ2n) is 9.29. The molecule has 8 heteroatoms. The highest BCUT2D eigenvalue weighted by Gasteiger charge is 2.37. The number of anilines is 3. The number of nitrogens with one attached hydrogen (secondary N) is 1. The molecular weight excluding hydrogens is 546 g/mol. The number of nitro benzene ring substituents is 1. The summed E-state index contributed by atoms with van der Waals surface area (Å²) in [6.07, 6.45) is 0. The number of nitro groups is 1. The van der Waals surface area contributed by atoms with E-state index < -0.39 is 16.7 Å². The fourth-order valence-corrected chi connectivity index (χ4v) is 5.62. The van der Waals surface area contributed by atoms with E-state index in [1.807, 2.05) is 56.3 Å². The van der Waals surface area contributed by atoms with Crippen LogP contribution in [0, 0.1) is 24.0 Å². The van der Waals surface area contributed by atoms with E-state index in [0.717, 1.165) is 31.3 Å². The lowest BCUT2D eigenvalue weighted by Gasteiger charge is -2.28.